The number of unbranched alkanes of at least 4 members (excludes halogenated alkanes) is 22. The molecule has 2 heterocycles. The zero-order chi connectivity index (χ0) is 47.5. The van der Waals surface area contributed by atoms with Crippen molar-refractivity contribution in [3.63, 3.8) is 0 Å². The summed E-state index contributed by atoms with van der Waals surface area (Å²) >= 11 is 0. The van der Waals surface area contributed by atoms with Gasteiger partial charge in [0.2, 0.25) is 5.91 Å². The Kier molecular flexibility index (Phi) is 34.8. The van der Waals surface area contributed by atoms with Crippen LogP contribution in [0.15, 0.2) is 36.5 Å². The number of ether oxygens (including phenoxy) is 4. The number of hydrogen-bond donors (Lipinski definition) is 9. The van der Waals surface area contributed by atoms with E-state index in [0.29, 0.717) is 6.42 Å². The molecule has 0 radical (unpaired) electrons. The van der Waals surface area contributed by atoms with Gasteiger partial charge in [0, 0.05) is 6.42 Å². The molecule has 2 rings (SSSR count). The number of aliphatic hydroxyl groups is 8. The van der Waals surface area contributed by atoms with Crippen LogP contribution in [0.4, 0.5) is 0 Å². The summed E-state index contributed by atoms with van der Waals surface area (Å²) in [5.41, 5.74) is 0. The highest BCUT2D eigenvalue weighted by molar-refractivity contribution is 5.76. The number of hydrogen-bond acceptors (Lipinski definition) is 13. The van der Waals surface area contributed by atoms with Gasteiger partial charge in [-0.2, -0.15) is 0 Å². The molecule has 0 bridgehead atoms. The maximum Gasteiger partial charge on any atom is 0.220 e. The van der Waals surface area contributed by atoms with Crippen molar-refractivity contribution in [2.75, 3.05) is 19.8 Å². The molecule has 0 aromatic heterocycles. The molecule has 0 spiro atoms. The van der Waals surface area contributed by atoms with Gasteiger partial charge in [-0.1, -0.05) is 172 Å². The lowest BCUT2D eigenvalue weighted by Crippen LogP contribution is -2.65. The lowest BCUT2D eigenvalue weighted by atomic mass is 9.97. The van der Waals surface area contributed by atoms with Crippen LogP contribution in [0.2, 0.25) is 0 Å². The highest BCUT2D eigenvalue weighted by Gasteiger charge is 2.51. The van der Waals surface area contributed by atoms with Crippen LogP contribution in [-0.4, -0.2) is 140 Å². The van der Waals surface area contributed by atoms with Gasteiger partial charge in [-0.25, -0.2) is 0 Å². The number of rotatable bonds is 39. The first-order chi connectivity index (χ1) is 31.6. The summed E-state index contributed by atoms with van der Waals surface area (Å²) < 4.78 is 22.5. The third-order valence-corrected chi connectivity index (χ3v) is 12.6. The lowest BCUT2D eigenvalue weighted by Gasteiger charge is -2.46. The molecule has 0 saturated carbocycles. The zero-order valence-electron chi connectivity index (χ0n) is 40.2. The average Bonchev–Trinajstić information content (AvgIpc) is 3.30. The van der Waals surface area contributed by atoms with E-state index in [1.165, 1.54) is 116 Å². The smallest absolute Gasteiger partial charge is 0.220 e. The Balaban J connectivity index is 1.60. The first-order valence-electron chi connectivity index (χ1n) is 25.7. The van der Waals surface area contributed by atoms with Gasteiger partial charge < -0.3 is 65.1 Å². The first-order valence-corrected chi connectivity index (χ1v) is 25.7. The highest BCUT2D eigenvalue weighted by atomic mass is 16.7. The normalized spacial score (nSPS) is 27.3. The van der Waals surface area contributed by atoms with Crippen molar-refractivity contribution in [1.29, 1.82) is 0 Å². The molecule has 14 nitrogen and oxygen atoms in total. The fraction of sp³-hybridized carbons (Fsp3) is 0.863. The molecular weight excluding hydrogens is 835 g/mol. The molecule has 0 aromatic rings. The molecule has 2 aliphatic heterocycles. The highest BCUT2D eigenvalue weighted by Crippen LogP contribution is 2.30. The predicted molar refractivity (Wildman–Crippen MR) is 254 cm³/mol. The summed E-state index contributed by atoms with van der Waals surface area (Å²) in [5.74, 6) is -0.249. The molecular formula is C51H93NO13. The lowest BCUT2D eigenvalue weighted by molar-refractivity contribution is -0.359. The Bertz CT molecular complexity index is 1230. The number of carbonyl (C=O) groups is 1. The first kappa shape index (κ1) is 59.3. The van der Waals surface area contributed by atoms with E-state index in [4.69, 9.17) is 18.9 Å². The molecule has 12 atom stereocenters. The van der Waals surface area contributed by atoms with Crippen LogP contribution >= 0.6 is 0 Å². The van der Waals surface area contributed by atoms with Gasteiger partial charge in [-0.15, -0.1) is 0 Å². The standard InChI is InChI=1S/C51H93NO13/c1-3-5-7-9-10-11-12-13-14-15-16-17-18-19-20-21-22-23-24-25-26-27-28-29-30-31-33-35-43(56)52-39(40(55)34-32-8-6-4-2)38-62-50-48(61)46(59)49(42(37-54)64-50)65-51-47(60)45(58)44(57)41(36-53)63-51/h12-13,15-16,32,34,39-42,44-51,53-55,57-61H,3-11,14,17-31,33,35-38H2,1-2H3,(H,52,56)/b13-12-,16-15-,34-32+. The molecule has 2 saturated heterocycles. The summed E-state index contributed by atoms with van der Waals surface area (Å²) in [4.78, 5) is 13.0. The molecule has 2 fully saturated rings. The summed E-state index contributed by atoms with van der Waals surface area (Å²) in [6, 6.07) is -0.909. The van der Waals surface area contributed by atoms with Gasteiger partial charge in [-0.05, 0) is 44.9 Å². The summed E-state index contributed by atoms with van der Waals surface area (Å²) in [6.07, 6.45) is 27.2. The van der Waals surface area contributed by atoms with Crippen molar-refractivity contribution in [2.24, 2.45) is 0 Å². The number of allylic oxidation sites excluding steroid dienone is 5. The maximum atomic E-state index is 13.0. The molecule has 380 valence electrons. The third-order valence-electron chi connectivity index (χ3n) is 12.6. The molecule has 12 unspecified atom stereocenters. The zero-order valence-corrected chi connectivity index (χ0v) is 40.2. The SMILES string of the molecule is CCCC/C=C/C(O)C(COC1OC(CO)C(OC2OC(CO)C(O)C(O)C2O)C(O)C1O)NC(=O)CCCCCCCCCCCCCCCCC/C=C\C/C=C\CCCCCCC. The van der Waals surface area contributed by atoms with E-state index in [1.54, 1.807) is 6.08 Å². The van der Waals surface area contributed by atoms with E-state index in [9.17, 15) is 45.6 Å². The maximum absolute atomic E-state index is 13.0. The van der Waals surface area contributed by atoms with Crippen LogP contribution in [0.3, 0.4) is 0 Å². The van der Waals surface area contributed by atoms with E-state index in [0.717, 1.165) is 44.9 Å². The summed E-state index contributed by atoms with van der Waals surface area (Å²) in [5, 5.41) is 86.0. The van der Waals surface area contributed by atoms with Crippen molar-refractivity contribution >= 4 is 5.91 Å². The molecule has 0 aromatic carbocycles. The number of nitrogens with one attached hydrogen (secondary N) is 1. The van der Waals surface area contributed by atoms with Crippen molar-refractivity contribution in [3.8, 4) is 0 Å². The predicted octanol–water partition coefficient (Wildman–Crippen LogP) is 6.71. The average molecular weight is 928 g/mol. The Morgan fingerprint density at radius 2 is 1.03 bits per heavy atom. The molecule has 1 amide bonds. The largest absolute Gasteiger partial charge is 0.394 e. The van der Waals surface area contributed by atoms with Crippen molar-refractivity contribution in [1.82, 2.24) is 5.32 Å². The summed E-state index contributed by atoms with van der Waals surface area (Å²) in [6.45, 7) is 2.60. The van der Waals surface area contributed by atoms with Crippen LogP contribution in [-0.2, 0) is 23.7 Å². The van der Waals surface area contributed by atoms with Crippen LogP contribution in [0.25, 0.3) is 0 Å². The van der Waals surface area contributed by atoms with Crippen molar-refractivity contribution in [2.45, 2.75) is 261 Å². The van der Waals surface area contributed by atoms with Crippen LogP contribution in [0.5, 0.6) is 0 Å². The number of carbonyl (C=O) groups excluding carboxylic acids is 1. The van der Waals surface area contributed by atoms with E-state index < -0.39 is 86.8 Å². The van der Waals surface area contributed by atoms with E-state index in [2.05, 4.69) is 43.5 Å². The Morgan fingerprint density at radius 3 is 1.57 bits per heavy atom. The van der Waals surface area contributed by atoms with Gasteiger partial charge in [0.25, 0.3) is 0 Å². The minimum absolute atomic E-state index is 0.249. The second-order valence-corrected chi connectivity index (χ2v) is 18.3. The molecule has 2 aliphatic rings. The van der Waals surface area contributed by atoms with Crippen LogP contribution in [0, 0.1) is 0 Å². The number of amides is 1. The third kappa shape index (κ3) is 25.4. The second kappa shape index (κ2) is 38.1. The van der Waals surface area contributed by atoms with Gasteiger partial charge >= 0.3 is 0 Å². The Hall–Kier alpha value is -1.79. The van der Waals surface area contributed by atoms with E-state index >= 15 is 0 Å². The second-order valence-electron chi connectivity index (χ2n) is 18.3. The van der Waals surface area contributed by atoms with E-state index in [-0.39, 0.29) is 18.9 Å². The van der Waals surface area contributed by atoms with Crippen molar-refractivity contribution in [3.05, 3.63) is 36.5 Å². The fourth-order valence-electron chi connectivity index (χ4n) is 8.31. The van der Waals surface area contributed by atoms with Gasteiger partial charge in [-0.3, -0.25) is 4.79 Å². The van der Waals surface area contributed by atoms with Gasteiger partial charge in [0.05, 0.1) is 32.0 Å². The van der Waals surface area contributed by atoms with E-state index in [1.807, 2.05) is 6.08 Å². The minimum Gasteiger partial charge on any atom is -0.394 e. The van der Waals surface area contributed by atoms with Crippen LogP contribution in [0.1, 0.15) is 187 Å². The fourth-order valence-corrected chi connectivity index (χ4v) is 8.31. The minimum atomic E-state index is -1.78. The quantitative estimate of drug-likeness (QED) is 0.0231. The van der Waals surface area contributed by atoms with Gasteiger partial charge in [0.1, 0.15) is 48.8 Å². The molecule has 14 heteroatoms. The van der Waals surface area contributed by atoms with Crippen LogP contribution < -0.4 is 5.32 Å². The molecule has 65 heavy (non-hydrogen) atoms. The van der Waals surface area contributed by atoms with Crippen molar-refractivity contribution < 1.29 is 64.6 Å². The molecule has 0 aliphatic carbocycles. The van der Waals surface area contributed by atoms with Gasteiger partial charge in [0.15, 0.2) is 12.6 Å². The summed E-state index contributed by atoms with van der Waals surface area (Å²) in [7, 11) is 0. The monoisotopic (exact) mass is 928 g/mol. The topological polar surface area (TPSA) is 228 Å². The number of aliphatic hydroxyl groups excluding tert-OH is 8. The Labute approximate surface area is 391 Å². The molecule has 9 N–H and O–H groups in total. The Morgan fingerprint density at radius 1 is 0.554 bits per heavy atom.